The highest BCUT2D eigenvalue weighted by atomic mass is 16.3. The Balaban J connectivity index is 1.73. The fourth-order valence-electron chi connectivity index (χ4n) is 2.51. The second kappa shape index (κ2) is 6.70. The van der Waals surface area contributed by atoms with Crippen molar-refractivity contribution < 1.29 is 9.21 Å². The fourth-order valence-corrected chi connectivity index (χ4v) is 2.51. The molecular formula is C18H20N4O2. The molecule has 124 valence electrons. The lowest BCUT2D eigenvalue weighted by molar-refractivity contribution is 0.0728. The van der Waals surface area contributed by atoms with Gasteiger partial charge in [-0.15, -0.1) is 0 Å². The average molecular weight is 324 g/mol. The van der Waals surface area contributed by atoms with Gasteiger partial charge in [-0.05, 0) is 24.3 Å². The zero-order chi connectivity index (χ0) is 17.0. The predicted octanol–water partition coefficient (Wildman–Crippen LogP) is 3.39. The van der Waals surface area contributed by atoms with Crippen LogP contribution in [0.25, 0.3) is 0 Å². The first kappa shape index (κ1) is 16.0. The number of nitrogens with zero attached hydrogens (tertiary/aromatic N) is 3. The summed E-state index contributed by atoms with van der Waals surface area (Å²) in [5.41, 5.74) is 0.259. The van der Waals surface area contributed by atoms with Gasteiger partial charge < -0.3 is 9.73 Å². The Hall–Kier alpha value is -2.89. The molecule has 0 atom stereocenters. The molecule has 1 N–H and O–H groups in total. The third-order valence-electron chi connectivity index (χ3n) is 3.79. The van der Waals surface area contributed by atoms with Crippen LogP contribution >= 0.6 is 0 Å². The number of anilines is 1. The number of nitrogens with one attached hydrogen (secondary N) is 1. The van der Waals surface area contributed by atoms with E-state index in [1.165, 1.54) is 4.68 Å². The van der Waals surface area contributed by atoms with Gasteiger partial charge in [0.15, 0.2) is 0 Å². The Labute approximate surface area is 140 Å². The van der Waals surface area contributed by atoms with Crippen molar-refractivity contribution in [2.45, 2.75) is 26.8 Å². The van der Waals surface area contributed by atoms with Gasteiger partial charge >= 0.3 is 0 Å². The van der Waals surface area contributed by atoms with Crippen LogP contribution in [0.15, 0.2) is 59.5 Å². The molecule has 0 radical (unpaired) electrons. The van der Waals surface area contributed by atoms with Crippen molar-refractivity contribution in [3.8, 4) is 0 Å². The number of pyridine rings is 1. The van der Waals surface area contributed by atoms with Gasteiger partial charge in [0.2, 0.25) is 0 Å². The molecule has 0 aliphatic rings. The van der Waals surface area contributed by atoms with Crippen molar-refractivity contribution in [3.63, 3.8) is 0 Å². The molecule has 0 aromatic carbocycles. The van der Waals surface area contributed by atoms with Gasteiger partial charge in [0, 0.05) is 24.4 Å². The van der Waals surface area contributed by atoms with Crippen molar-refractivity contribution in [2.75, 3.05) is 5.32 Å². The topological polar surface area (TPSA) is 73.0 Å². The third-order valence-corrected chi connectivity index (χ3v) is 3.79. The van der Waals surface area contributed by atoms with E-state index in [1.807, 2.05) is 44.2 Å². The number of aromatic nitrogens is 3. The van der Waals surface area contributed by atoms with Gasteiger partial charge in [0.25, 0.3) is 5.91 Å². The van der Waals surface area contributed by atoms with Crippen LogP contribution in [0.3, 0.4) is 0 Å². The molecule has 6 heteroatoms. The van der Waals surface area contributed by atoms with Crippen LogP contribution in [-0.2, 0) is 13.0 Å². The van der Waals surface area contributed by atoms with Crippen LogP contribution in [0.5, 0.6) is 0 Å². The molecule has 3 heterocycles. The van der Waals surface area contributed by atoms with Gasteiger partial charge in [-0.1, -0.05) is 19.9 Å². The van der Waals surface area contributed by atoms with Crippen molar-refractivity contribution in [1.82, 2.24) is 14.8 Å². The number of hydrogen-bond acceptors (Lipinski definition) is 5. The third kappa shape index (κ3) is 3.53. The van der Waals surface area contributed by atoms with E-state index in [4.69, 9.17) is 4.42 Å². The van der Waals surface area contributed by atoms with Gasteiger partial charge in [-0.3, -0.25) is 9.78 Å². The summed E-state index contributed by atoms with van der Waals surface area (Å²) in [6.07, 6.45) is 5.51. The molecule has 24 heavy (non-hydrogen) atoms. The van der Waals surface area contributed by atoms with Gasteiger partial charge in [0.1, 0.15) is 11.6 Å². The molecule has 0 fully saturated rings. The maximum atomic E-state index is 12.9. The Bertz CT molecular complexity index is 792. The Morgan fingerprint density at radius 2 is 2.08 bits per heavy atom. The Kier molecular flexibility index (Phi) is 4.46. The van der Waals surface area contributed by atoms with E-state index >= 15 is 0 Å². The molecule has 0 aliphatic carbocycles. The summed E-state index contributed by atoms with van der Waals surface area (Å²) in [4.78, 5) is 17.2. The van der Waals surface area contributed by atoms with Crippen molar-refractivity contribution >= 4 is 11.7 Å². The summed E-state index contributed by atoms with van der Waals surface area (Å²) in [7, 11) is 0. The normalized spacial score (nSPS) is 11.4. The molecule has 0 aliphatic heterocycles. The summed E-state index contributed by atoms with van der Waals surface area (Å²) in [5, 5.41) is 7.36. The minimum absolute atomic E-state index is 0.0832. The smallest absolute Gasteiger partial charge is 0.254 e. The molecule has 0 bridgehead atoms. The number of carbonyl (C=O) groups is 1. The zero-order valence-electron chi connectivity index (χ0n) is 13.8. The minimum atomic E-state index is -0.624. The van der Waals surface area contributed by atoms with Gasteiger partial charge in [0.05, 0.1) is 24.4 Å². The maximum Gasteiger partial charge on any atom is 0.254 e. The highest BCUT2D eigenvalue weighted by Crippen LogP contribution is 2.25. The standard InChI is InChI=1S/C18H20N4O2/c1-18(2,12-14-6-3-4-9-19-14)17(23)22-16(8-10-21-22)20-13-15-7-5-11-24-15/h3-11,20H,12-13H2,1-2H3. The lowest BCUT2D eigenvalue weighted by Gasteiger charge is -2.23. The van der Waals surface area contributed by atoms with E-state index in [1.54, 1.807) is 24.7 Å². The molecule has 0 spiro atoms. The molecule has 0 saturated heterocycles. The number of furan rings is 1. The molecule has 0 saturated carbocycles. The van der Waals surface area contributed by atoms with Crippen LogP contribution in [0.1, 0.15) is 30.1 Å². The average Bonchev–Trinajstić information content (AvgIpc) is 3.24. The molecule has 0 unspecified atom stereocenters. The van der Waals surface area contributed by atoms with Crippen LogP contribution < -0.4 is 5.32 Å². The monoisotopic (exact) mass is 324 g/mol. The largest absolute Gasteiger partial charge is 0.467 e. The van der Waals surface area contributed by atoms with Crippen molar-refractivity contribution in [3.05, 3.63) is 66.5 Å². The summed E-state index contributed by atoms with van der Waals surface area (Å²) >= 11 is 0. The molecular weight excluding hydrogens is 304 g/mol. The SMILES string of the molecule is CC(C)(Cc1ccccn1)C(=O)n1nccc1NCc1ccco1. The Morgan fingerprint density at radius 3 is 2.79 bits per heavy atom. The van der Waals surface area contributed by atoms with Crippen LogP contribution in [-0.4, -0.2) is 20.7 Å². The first-order valence-corrected chi connectivity index (χ1v) is 7.81. The van der Waals surface area contributed by atoms with Crippen molar-refractivity contribution in [2.24, 2.45) is 5.41 Å². The first-order chi connectivity index (χ1) is 11.6. The van der Waals surface area contributed by atoms with E-state index in [-0.39, 0.29) is 5.91 Å². The Morgan fingerprint density at radius 1 is 1.21 bits per heavy atom. The predicted molar refractivity (Wildman–Crippen MR) is 90.6 cm³/mol. The van der Waals surface area contributed by atoms with Gasteiger partial charge in [-0.2, -0.15) is 9.78 Å². The molecule has 3 aromatic rings. The lowest BCUT2D eigenvalue weighted by Crippen LogP contribution is -2.33. The molecule has 3 aromatic heterocycles. The fraction of sp³-hybridized carbons (Fsp3) is 0.278. The first-order valence-electron chi connectivity index (χ1n) is 7.81. The van der Waals surface area contributed by atoms with E-state index in [9.17, 15) is 4.79 Å². The number of carbonyl (C=O) groups excluding carboxylic acids is 1. The highest BCUT2D eigenvalue weighted by molar-refractivity contribution is 5.86. The highest BCUT2D eigenvalue weighted by Gasteiger charge is 2.31. The number of rotatable bonds is 6. The maximum absolute atomic E-state index is 12.9. The van der Waals surface area contributed by atoms with Crippen LogP contribution in [0.4, 0.5) is 5.82 Å². The molecule has 6 nitrogen and oxygen atoms in total. The summed E-state index contributed by atoms with van der Waals surface area (Å²) in [5.74, 6) is 1.36. The summed E-state index contributed by atoms with van der Waals surface area (Å²) in [6, 6.07) is 11.2. The summed E-state index contributed by atoms with van der Waals surface area (Å²) < 4.78 is 6.70. The lowest BCUT2D eigenvalue weighted by atomic mass is 9.86. The second-order valence-corrected chi connectivity index (χ2v) is 6.25. The van der Waals surface area contributed by atoms with E-state index in [0.717, 1.165) is 11.5 Å². The van der Waals surface area contributed by atoms with E-state index in [2.05, 4.69) is 15.4 Å². The number of hydrogen-bond donors (Lipinski definition) is 1. The molecule has 3 rings (SSSR count). The van der Waals surface area contributed by atoms with Crippen LogP contribution in [0.2, 0.25) is 0 Å². The summed E-state index contributed by atoms with van der Waals surface area (Å²) in [6.45, 7) is 4.30. The molecule has 0 amide bonds. The van der Waals surface area contributed by atoms with Crippen molar-refractivity contribution in [1.29, 1.82) is 0 Å². The van der Waals surface area contributed by atoms with Gasteiger partial charge in [-0.25, -0.2) is 0 Å². The van der Waals surface area contributed by atoms with E-state index < -0.39 is 5.41 Å². The second-order valence-electron chi connectivity index (χ2n) is 6.25. The quantitative estimate of drug-likeness (QED) is 0.752. The minimum Gasteiger partial charge on any atom is -0.467 e. The van der Waals surface area contributed by atoms with E-state index in [0.29, 0.717) is 18.8 Å². The zero-order valence-corrected chi connectivity index (χ0v) is 13.8. The van der Waals surface area contributed by atoms with Crippen LogP contribution in [0, 0.1) is 5.41 Å².